The number of amides is 1. The number of aryl methyl sites for hydroxylation is 1. The first-order valence-corrected chi connectivity index (χ1v) is 9.98. The van der Waals surface area contributed by atoms with Crippen LogP contribution in [0, 0.1) is 5.82 Å². The highest BCUT2D eigenvalue weighted by atomic mass is 19.1. The van der Waals surface area contributed by atoms with Gasteiger partial charge in [-0.15, -0.1) is 0 Å². The summed E-state index contributed by atoms with van der Waals surface area (Å²) in [6, 6.07) is 10.1. The summed E-state index contributed by atoms with van der Waals surface area (Å²) in [6.45, 7) is 5.34. The number of imidazole rings is 1. The van der Waals surface area contributed by atoms with Gasteiger partial charge in [-0.2, -0.15) is 0 Å². The summed E-state index contributed by atoms with van der Waals surface area (Å²) >= 11 is 0. The SMILES string of the molecule is CCOc1ccc(/C=C/C(=O)NCCc2nc3cc(F)ccc3n2C)cc1OCC. The molecule has 2 aromatic carbocycles. The standard InChI is InChI=1S/C23H26FN3O3/c1-4-29-20-10-6-16(14-21(20)30-5-2)7-11-23(28)25-13-12-22-26-18-15-17(24)8-9-19(18)27(22)3/h6-11,14-15H,4-5,12-13H2,1-3H3,(H,25,28)/b11-7+. The van der Waals surface area contributed by atoms with Gasteiger partial charge >= 0.3 is 0 Å². The second kappa shape index (κ2) is 9.91. The molecule has 1 amide bonds. The van der Waals surface area contributed by atoms with Crippen molar-refractivity contribution in [3.63, 3.8) is 0 Å². The maximum absolute atomic E-state index is 13.4. The molecule has 0 radical (unpaired) electrons. The summed E-state index contributed by atoms with van der Waals surface area (Å²) in [4.78, 5) is 16.6. The van der Waals surface area contributed by atoms with Crippen molar-refractivity contribution in [2.45, 2.75) is 20.3 Å². The van der Waals surface area contributed by atoms with Gasteiger partial charge in [0, 0.05) is 32.2 Å². The summed E-state index contributed by atoms with van der Waals surface area (Å²) in [5, 5.41) is 2.85. The summed E-state index contributed by atoms with van der Waals surface area (Å²) < 4.78 is 26.4. The number of rotatable bonds is 9. The van der Waals surface area contributed by atoms with Crippen LogP contribution < -0.4 is 14.8 Å². The van der Waals surface area contributed by atoms with Crippen molar-refractivity contribution in [3.8, 4) is 11.5 Å². The molecule has 0 atom stereocenters. The zero-order valence-corrected chi connectivity index (χ0v) is 17.4. The van der Waals surface area contributed by atoms with Gasteiger partial charge in [0.2, 0.25) is 5.91 Å². The van der Waals surface area contributed by atoms with Gasteiger partial charge in [-0.1, -0.05) is 6.07 Å². The molecule has 0 unspecified atom stereocenters. The zero-order valence-electron chi connectivity index (χ0n) is 17.4. The monoisotopic (exact) mass is 411 g/mol. The van der Waals surface area contributed by atoms with Gasteiger partial charge in [-0.25, -0.2) is 9.37 Å². The van der Waals surface area contributed by atoms with Gasteiger partial charge < -0.3 is 19.4 Å². The quantitative estimate of drug-likeness (QED) is 0.543. The molecule has 0 spiro atoms. The molecular formula is C23H26FN3O3. The van der Waals surface area contributed by atoms with E-state index in [1.165, 1.54) is 18.2 Å². The van der Waals surface area contributed by atoms with Crippen molar-refractivity contribution in [3.05, 3.63) is 59.7 Å². The van der Waals surface area contributed by atoms with Crippen molar-refractivity contribution >= 4 is 23.0 Å². The van der Waals surface area contributed by atoms with Gasteiger partial charge in [0.25, 0.3) is 0 Å². The van der Waals surface area contributed by atoms with Gasteiger partial charge in [-0.3, -0.25) is 4.79 Å². The fraction of sp³-hybridized carbons (Fsp3) is 0.304. The smallest absolute Gasteiger partial charge is 0.244 e. The molecule has 1 heterocycles. The molecule has 0 aliphatic carbocycles. The molecule has 0 aliphatic heterocycles. The number of carbonyl (C=O) groups excluding carboxylic acids is 1. The molecular weight excluding hydrogens is 385 g/mol. The summed E-state index contributed by atoms with van der Waals surface area (Å²) in [5.74, 6) is 1.61. The third-order valence-corrected chi connectivity index (χ3v) is 4.58. The predicted octanol–water partition coefficient (Wildman–Crippen LogP) is 3.88. The Kier molecular flexibility index (Phi) is 7.06. The van der Waals surface area contributed by atoms with Crippen molar-refractivity contribution < 1.29 is 18.7 Å². The Balaban J connectivity index is 1.57. The van der Waals surface area contributed by atoms with Gasteiger partial charge in [0.05, 0.1) is 24.2 Å². The van der Waals surface area contributed by atoms with Crippen LogP contribution in [0.2, 0.25) is 0 Å². The molecule has 30 heavy (non-hydrogen) atoms. The molecule has 158 valence electrons. The van der Waals surface area contributed by atoms with Crippen LogP contribution in [-0.4, -0.2) is 35.2 Å². The number of ether oxygens (including phenoxy) is 2. The maximum Gasteiger partial charge on any atom is 0.244 e. The first kappa shape index (κ1) is 21.4. The first-order chi connectivity index (χ1) is 14.5. The van der Waals surface area contributed by atoms with Crippen LogP contribution in [0.15, 0.2) is 42.5 Å². The van der Waals surface area contributed by atoms with E-state index in [1.807, 2.05) is 43.7 Å². The highest BCUT2D eigenvalue weighted by molar-refractivity contribution is 5.91. The lowest BCUT2D eigenvalue weighted by Gasteiger charge is -2.11. The van der Waals surface area contributed by atoms with E-state index in [2.05, 4.69) is 10.3 Å². The number of fused-ring (bicyclic) bond motifs is 1. The second-order valence-electron chi connectivity index (χ2n) is 6.67. The van der Waals surface area contributed by atoms with Crippen LogP contribution in [0.3, 0.4) is 0 Å². The van der Waals surface area contributed by atoms with Crippen molar-refractivity contribution in [1.29, 1.82) is 0 Å². The van der Waals surface area contributed by atoms with Gasteiger partial charge in [0.15, 0.2) is 11.5 Å². The predicted molar refractivity (Wildman–Crippen MR) is 115 cm³/mol. The highest BCUT2D eigenvalue weighted by Gasteiger charge is 2.09. The molecule has 7 heteroatoms. The normalized spacial score (nSPS) is 11.2. The lowest BCUT2D eigenvalue weighted by molar-refractivity contribution is -0.116. The van der Waals surface area contributed by atoms with Crippen molar-refractivity contribution in [2.75, 3.05) is 19.8 Å². The van der Waals surface area contributed by atoms with Crippen LogP contribution in [0.4, 0.5) is 4.39 Å². The molecule has 1 N–H and O–H groups in total. The number of halogens is 1. The third-order valence-electron chi connectivity index (χ3n) is 4.58. The van der Waals surface area contributed by atoms with Crippen molar-refractivity contribution in [2.24, 2.45) is 7.05 Å². The first-order valence-electron chi connectivity index (χ1n) is 9.98. The van der Waals surface area contributed by atoms with E-state index in [0.29, 0.717) is 43.2 Å². The van der Waals surface area contributed by atoms with Gasteiger partial charge in [0.1, 0.15) is 11.6 Å². The number of hydrogen-bond donors (Lipinski definition) is 1. The lowest BCUT2D eigenvalue weighted by atomic mass is 10.2. The Labute approximate surface area is 175 Å². The van der Waals surface area contributed by atoms with E-state index >= 15 is 0 Å². The molecule has 0 saturated heterocycles. The molecule has 6 nitrogen and oxygen atoms in total. The van der Waals surface area contributed by atoms with Crippen molar-refractivity contribution in [1.82, 2.24) is 14.9 Å². The van der Waals surface area contributed by atoms with E-state index in [4.69, 9.17) is 9.47 Å². The summed E-state index contributed by atoms with van der Waals surface area (Å²) in [6.07, 6.45) is 3.76. The molecule has 1 aromatic heterocycles. The average molecular weight is 411 g/mol. The highest BCUT2D eigenvalue weighted by Crippen LogP contribution is 2.29. The minimum absolute atomic E-state index is 0.202. The molecule has 0 bridgehead atoms. The number of nitrogens with zero attached hydrogens (tertiary/aromatic N) is 2. The second-order valence-corrected chi connectivity index (χ2v) is 6.67. The number of aromatic nitrogens is 2. The average Bonchev–Trinajstić information content (AvgIpc) is 3.03. The Morgan fingerprint density at radius 2 is 1.90 bits per heavy atom. The Morgan fingerprint density at radius 3 is 2.67 bits per heavy atom. The molecule has 0 aliphatic rings. The summed E-state index contributed by atoms with van der Waals surface area (Å²) in [7, 11) is 1.88. The van der Waals surface area contributed by atoms with E-state index < -0.39 is 0 Å². The number of hydrogen-bond acceptors (Lipinski definition) is 4. The Morgan fingerprint density at radius 1 is 1.13 bits per heavy atom. The zero-order chi connectivity index (χ0) is 21.5. The van der Waals surface area contributed by atoms with E-state index in [-0.39, 0.29) is 11.7 Å². The van der Waals surface area contributed by atoms with E-state index in [0.717, 1.165) is 16.9 Å². The Hall–Kier alpha value is -3.35. The number of nitrogens with one attached hydrogen (secondary N) is 1. The molecule has 0 saturated carbocycles. The van der Waals surface area contributed by atoms with E-state index in [9.17, 15) is 9.18 Å². The van der Waals surface area contributed by atoms with Crippen LogP contribution in [-0.2, 0) is 18.3 Å². The number of carbonyl (C=O) groups is 1. The number of benzene rings is 2. The van der Waals surface area contributed by atoms with Crippen LogP contribution in [0.5, 0.6) is 11.5 Å². The van der Waals surface area contributed by atoms with Gasteiger partial charge in [-0.05, 0) is 49.8 Å². The topological polar surface area (TPSA) is 65.4 Å². The fourth-order valence-corrected chi connectivity index (χ4v) is 3.15. The van der Waals surface area contributed by atoms with Crippen LogP contribution >= 0.6 is 0 Å². The summed E-state index contributed by atoms with van der Waals surface area (Å²) in [5.41, 5.74) is 2.31. The largest absolute Gasteiger partial charge is 0.490 e. The van der Waals surface area contributed by atoms with Crippen LogP contribution in [0.25, 0.3) is 17.1 Å². The fourth-order valence-electron chi connectivity index (χ4n) is 3.15. The molecule has 3 rings (SSSR count). The van der Waals surface area contributed by atoms with Crippen LogP contribution in [0.1, 0.15) is 25.2 Å². The minimum atomic E-state index is -0.313. The lowest BCUT2D eigenvalue weighted by Crippen LogP contribution is -2.24. The maximum atomic E-state index is 13.4. The molecule has 3 aromatic rings. The Bertz CT molecular complexity index is 1060. The van der Waals surface area contributed by atoms with E-state index in [1.54, 1.807) is 12.1 Å². The third kappa shape index (κ3) is 5.17. The minimum Gasteiger partial charge on any atom is -0.490 e. The molecule has 0 fully saturated rings.